The molecule has 1 aliphatic heterocycles. The normalized spacial score (nSPS) is 14.0. The van der Waals surface area contributed by atoms with Gasteiger partial charge < -0.3 is 25.7 Å². The Morgan fingerprint density at radius 2 is 1.82 bits per heavy atom. The lowest BCUT2D eigenvalue weighted by molar-refractivity contribution is -0.134. The largest absolute Gasteiger partial charge is 0.478 e. The summed E-state index contributed by atoms with van der Waals surface area (Å²) >= 11 is 1.78. The molecule has 2 aromatic rings. The first-order valence-corrected chi connectivity index (χ1v) is 9.76. The topological polar surface area (TPSA) is 128 Å². The lowest BCUT2D eigenvalue weighted by atomic mass is 10.1. The second kappa shape index (κ2) is 10.00. The average molecular weight is 407 g/mol. The first-order chi connectivity index (χ1) is 13.4. The summed E-state index contributed by atoms with van der Waals surface area (Å²) in [5.74, 6) is -0.697. The van der Waals surface area contributed by atoms with Crippen LogP contribution in [0.5, 0.6) is 0 Å². The van der Waals surface area contributed by atoms with E-state index in [9.17, 15) is 9.59 Å². The molecule has 152 valence electrons. The Labute approximate surface area is 167 Å². The number of hydrogen-bond acceptors (Lipinski definition) is 8. The molecule has 10 heteroatoms. The van der Waals surface area contributed by atoms with Gasteiger partial charge in [-0.2, -0.15) is 4.98 Å². The summed E-state index contributed by atoms with van der Waals surface area (Å²) in [4.78, 5) is 33.4. The van der Waals surface area contributed by atoms with Crippen molar-refractivity contribution in [1.29, 1.82) is 0 Å². The average Bonchev–Trinajstić information content (AvgIpc) is 3.01. The molecule has 4 N–H and O–H groups in total. The summed E-state index contributed by atoms with van der Waals surface area (Å²) in [6.45, 7) is 8.31. The zero-order valence-corrected chi connectivity index (χ0v) is 17.0. The molecule has 0 amide bonds. The van der Waals surface area contributed by atoms with Gasteiger partial charge in [-0.25, -0.2) is 14.6 Å². The molecular formula is C18H25N5O4S. The zero-order valence-electron chi connectivity index (χ0n) is 16.2. The van der Waals surface area contributed by atoms with Crippen LogP contribution in [0, 0.1) is 6.92 Å². The molecule has 0 radical (unpaired) electrons. The Morgan fingerprint density at radius 1 is 1.21 bits per heavy atom. The summed E-state index contributed by atoms with van der Waals surface area (Å²) < 4.78 is 0. The Bertz CT molecular complexity index is 858. The molecule has 3 heterocycles. The van der Waals surface area contributed by atoms with Gasteiger partial charge in [-0.05, 0) is 18.9 Å². The first kappa shape index (κ1) is 21.6. The molecule has 0 atom stereocenters. The molecule has 0 saturated carbocycles. The van der Waals surface area contributed by atoms with Crippen molar-refractivity contribution in [3.8, 4) is 0 Å². The highest BCUT2D eigenvalue weighted by molar-refractivity contribution is 7.18. The van der Waals surface area contributed by atoms with E-state index in [1.54, 1.807) is 11.3 Å². The van der Waals surface area contributed by atoms with Gasteiger partial charge in [0.05, 0.1) is 5.39 Å². The maximum Gasteiger partial charge on any atom is 0.328 e. The van der Waals surface area contributed by atoms with Crippen LogP contribution < -0.4 is 15.5 Å². The van der Waals surface area contributed by atoms with Crippen molar-refractivity contribution in [1.82, 2.24) is 15.3 Å². The fourth-order valence-electron chi connectivity index (χ4n) is 2.91. The van der Waals surface area contributed by atoms with Crippen molar-refractivity contribution in [2.24, 2.45) is 0 Å². The number of carbonyl (C=O) groups is 2. The van der Waals surface area contributed by atoms with E-state index in [0.29, 0.717) is 12.2 Å². The van der Waals surface area contributed by atoms with Crippen molar-refractivity contribution in [2.45, 2.75) is 20.3 Å². The van der Waals surface area contributed by atoms with Crippen molar-refractivity contribution in [3.05, 3.63) is 22.6 Å². The number of rotatable bonds is 5. The lowest BCUT2D eigenvalue weighted by Gasteiger charge is -2.27. The molecular weight excluding hydrogens is 382 g/mol. The van der Waals surface area contributed by atoms with Crippen molar-refractivity contribution < 1.29 is 19.8 Å². The third-order valence-corrected chi connectivity index (χ3v) is 5.24. The van der Waals surface area contributed by atoms with Crippen molar-refractivity contribution in [2.75, 3.05) is 43.4 Å². The van der Waals surface area contributed by atoms with Crippen LogP contribution in [0.4, 0.5) is 11.8 Å². The monoisotopic (exact) mass is 407 g/mol. The number of anilines is 2. The van der Waals surface area contributed by atoms with E-state index >= 15 is 0 Å². The molecule has 0 aromatic carbocycles. The molecule has 1 saturated heterocycles. The van der Waals surface area contributed by atoms with E-state index in [2.05, 4.69) is 29.4 Å². The second-order valence-electron chi connectivity index (χ2n) is 6.04. The van der Waals surface area contributed by atoms with Gasteiger partial charge in [0.1, 0.15) is 10.6 Å². The predicted octanol–water partition coefficient (Wildman–Crippen LogP) is 1.73. The van der Waals surface area contributed by atoms with Gasteiger partial charge in [0.25, 0.3) is 0 Å². The number of piperazine rings is 1. The maximum absolute atomic E-state index is 9.55. The molecule has 0 spiro atoms. The number of nitrogens with zero attached hydrogens (tertiary/aromatic N) is 3. The molecule has 2 aromatic heterocycles. The van der Waals surface area contributed by atoms with E-state index in [1.165, 1.54) is 15.8 Å². The Hall–Kier alpha value is -2.72. The van der Waals surface area contributed by atoms with Crippen LogP contribution in [0.1, 0.15) is 17.4 Å². The number of fused-ring (bicyclic) bond motifs is 1. The number of aryl methyl sites for hydroxylation is 2. The second-order valence-corrected chi connectivity index (χ2v) is 7.24. The van der Waals surface area contributed by atoms with Crippen LogP contribution >= 0.6 is 11.3 Å². The van der Waals surface area contributed by atoms with E-state index in [1.807, 2.05) is 7.05 Å². The van der Waals surface area contributed by atoms with E-state index in [4.69, 9.17) is 20.2 Å². The van der Waals surface area contributed by atoms with Gasteiger partial charge in [-0.1, -0.05) is 6.92 Å². The van der Waals surface area contributed by atoms with E-state index in [-0.39, 0.29) is 0 Å². The number of aliphatic carboxylic acids is 2. The van der Waals surface area contributed by atoms with Crippen LogP contribution in [0.2, 0.25) is 0 Å². The molecule has 1 aliphatic rings. The quantitative estimate of drug-likeness (QED) is 0.548. The van der Waals surface area contributed by atoms with Crippen LogP contribution in [-0.2, 0) is 16.0 Å². The molecule has 1 fully saturated rings. The first-order valence-electron chi connectivity index (χ1n) is 8.94. The fourth-order valence-corrected chi connectivity index (χ4v) is 4.02. The number of carboxylic acid groups (broad SMARTS) is 2. The summed E-state index contributed by atoms with van der Waals surface area (Å²) in [6.07, 6.45) is 2.14. The predicted molar refractivity (Wildman–Crippen MR) is 111 cm³/mol. The van der Waals surface area contributed by atoms with E-state index < -0.39 is 11.9 Å². The third kappa shape index (κ3) is 5.40. The maximum atomic E-state index is 9.55. The minimum absolute atomic E-state index is 0.558. The molecule has 28 heavy (non-hydrogen) atoms. The fraction of sp³-hybridized carbons (Fsp3) is 0.444. The highest BCUT2D eigenvalue weighted by Crippen LogP contribution is 2.35. The van der Waals surface area contributed by atoms with Crippen LogP contribution in [0.15, 0.2) is 12.2 Å². The lowest BCUT2D eigenvalue weighted by Crippen LogP contribution is -2.44. The highest BCUT2D eigenvalue weighted by Gasteiger charge is 2.19. The summed E-state index contributed by atoms with van der Waals surface area (Å²) in [6, 6.07) is 0. The van der Waals surface area contributed by atoms with Crippen LogP contribution in [-0.4, -0.2) is 65.3 Å². The van der Waals surface area contributed by atoms with Crippen LogP contribution in [0.3, 0.4) is 0 Å². The van der Waals surface area contributed by atoms with Gasteiger partial charge in [0, 0.05) is 50.3 Å². The number of carboxylic acids is 2. The molecule has 0 bridgehead atoms. The smallest absolute Gasteiger partial charge is 0.328 e. The van der Waals surface area contributed by atoms with Crippen molar-refractivity contribution >= 4 is 45.3 Å². The summed E-state index contributed by atoms with van der Waals surface area (Å²) in [5.41, 5.74) is 1.38. The van der Waals surface area contributed by atoms with Crippen LogP contribution in [0.25, 0.3) is 10.2 Å². The minimum Gasteiger partial charge on any atom is -0.478 e. The number of hydrogen-bond donors (Lipinski definition) is 4. The third-order valence-electron chi connectivity index (χ3n) is 4.20. The number of nitrogens with one attached hydrogen (secondary N) is 2. The van der Waals surface area contributed by atoms with Gasteiger partial charge in [-0.3, -0.25) is 0 Å². The van der Waals surface area contributed by atoms with Gasteiger partial charge in [0.15, 0.2) is 0 Å². The van der Waals surface area contributed by atoms with Gasteiger partial charge in [-0.15, -0.1) is 11.3 Å². The number of thiophene rings is 1. The van der Waals surface area contributed by atoms with Gasteiger partial charge >= 0.3 is 11.9 Å². The Kier molecular flexibility index (Phi) is 7.70. The minimum atomic E-state index is -1.26. The molecule has 0 aliphatic carbocycles. The zero-order chi connectivity index (χ0) is 20.7. The SMILES string of the molecule is CCc1c(C)sc2nc(N3CCNCC3)nc(NC)c12.O=C(O)/C=C\C(=O)O. The Balaban J connectivity index is 0.000000300. The van der Waals surface area contributed by atoms with Crippen molar-refractivity contribution in [3.63, 3.8) is 0 Å². The summed E-state index contributed by atoms with van der Waals surface area (Å²) in [5, 5.41) is 23.4. The standard InChI is InChI=1S/C14H21N5S.C4H4O4/c1-4-10-9(2)20-13-11(10)12(15-3)17-14(18-13)19-7-5-16-6-8-19;5-3(6)1-2-4(7)8/h16H,4-8H2,1-3H3,(H,15,17,18);1-2H,(H,5,6)(H,7,8)/b;2-1-. The summed E-state index contributed by atoms with van der Waals surface area (Å²) in [7, 11) is 1.94. The van der Waals surface area contributed by atoms with E-state index in [0.717, 1.165) is 49.2 Å². The van der Waals surface area contributed by atoms with Gasteiger partial charge in [0.2, 0.25) is 5.95 Å². The molecule has 3 rings (SSSR count). The molecule has 0 unspecified atom stereocenters. The Morgan fingerprint density at radius 3 is 2.32 bits per heavy atom. The molecule has 9 nitrogen and oxygen atoms in total. The number of aromatic nitrogens is 2. The highest BCUT2D eigenvalue weighted by atomic mass is 32.1.